The summed E-state index contributed by atoms with van der Waals surface area (Å²) in [4.78, 5) is 16.8. The number of benzene rings is 1. The van der Waals surface area contributed by atoms with E-state index in [0.29, 0.717) is 5.92 Å². The molecule has 1 amide bonds. The highest BCUT2D eigenvalue weighted by atomic mass is 16.1. The first-order chi connectivity index (χ1) is 10.6. The predicted molar refractivity (Wildman–Crippen MR) is 92.6 cm³/mol. The van der Waals surface area contributed by atoms with Gasteiger partial charge in [-0.3, -0.25) is 4.79 Å². The Morgan fingerprint density at radius 3 is 2.50 bits per heavy atom. The van der Waals surface area contributed by atoms with Gasteiger partial charge in [-0.25, -0.2) is 0 Å². The molecule has 1 heterocycles. The van der Waals surface area contributed by atoms with Crippen molar-refractivity contribution >= 4 is 11.6 Å². The highest BCUT2D eigenvalue weighted by molar-refractivity contribution is 5.94. The molecule has 122 valence electrons. The van der Waals surface area contributed by atoms with Gasteiger partial charge in [-0.2, -0.15) is 0 Å². The first-order valence-electron chi connectivity index (χ1n) is 8.42. The molecule has 1 aliphatic heterocycles. The smallest absolute Gasteiger partial charge is 0.251 e. The predicted octanol–water partition coefficient (Wildman–Crippen LogP) is 2.60. The van der Waals surface area contributed by atoms with Gasteiger partial charge in [0.15, 0.2) is 0 Å². The molecule has 1 aromatic rings. The Bertz CT molecular complexity index is 466. The van der Waals surface area contributed by atoms with Gasteiger partial charge in [0.25, 0.3) is 5.91 Å². The van der Waals surface area contributed by atoms with E-state index in [-0.39, 0.29) is 5.91 Å². The Morgan fingerprint density at radius 2 is 1.91 bits per heavy atom. The molecule has 4 heteroatoms. The van der Waals surface area contributed by atoms with Crippen molar-refractivity contribution in [2.24, 2.45) is 5.92 Å². The summed E-state index contributed by atoms with van der Waals surface area (Å²) < 4.78 is 0. The lowest BCUT2D eigenvalue weighted by molar-refractivity contribution is 0.0945. The fourth-order valence-electron chi connectivity index (χ4n) is 2.89. The minimum absolute atomic E-state index is 0.0268. The van der Waals surface area contributed by atoms with Crippen molar-refractivity contribution in [2.75, 3.05) is 44.7 Å². The quantitative estimate of drug-likeness (QED) is 0.841. The van der Waals surface area contributed by atoms with Crippen LogP contribution >= 0.6 is 0 Å². The van der Waals surface area contributed by atoms with Crippen LogP contribution in [0.1, 0.15) is 37.0 Å². The molecule has 1 aliphatic rings. The summed E-state index contributed by atoms with van der Waals surface area (Å²) in [5.41, 5.74) is 1.88. The molecule has 0 aliphatic carbocycles. The van der Waals surface area contributed by atoms with Crippen LogP contribution in [-0.4, -0.2) is 50.6 Å². The van der Waals surface area contributed by atoms with E-state index in [1.54, 1.807) is 0 Å². The molecule has 1 aromatic carbocycles. The van der Waals surface area contributed by atoms with E-state index in [0.717, 1.165) is 30.9 Å². The highest BCUT2D eigenvalue weighted by Gasteiger charge is 2.15. The third-order valence-corrected chi connectivity index (χ3v) is 4.42. The molecule has 0 bridgehead atoms. The number of carbonyl (C=O) groups is 1. The number of hydrogen-bond donors (Lipinski definition) is 1. The molecule has 0 spiro atoms. The Balaban J connectivity index is 1.78. The number of nitrogens with one attached hydrogen (secondary N) is 1. The molecular weight excluding hydrogens is 274 g/mol. The van der Waals surface area contributed by atoms with E-state index in [1.807, 2.05) is 24.3 Å². The standard InChI is InChI=1S/C18H29N3O/c1-4-20(3)17-9-7-16(8-10-17)18(22)19-13-15(2)14-21-11-5-6-12-21/h7-10,15H,4-6,11-14H2,1-3H3,(H,19,22). The zero-order valence-corrected chi connectivity index (χ0v) is 14.1. The second kappa shape index (κ2) is 8.18. The first kappa shape index (κ1) is 16.8. The number of rotatable bonds is 7. The van der Waals surface area contributed by atoms with Gasteiger partial charge in [0.2, 0.25) is 0 Å². The maximum Gasteiger partial charge on any atom is 0.251 e. The summed E-state index contributed by atoms with van der Waals surface area (Å²) in [6.45, 7) is 9.53. The van der Waals surface area contributed by atoms with Crippen LogP contribution in [-0.2, 0) is 0 Å². The number of carbonyl (C=O) groups excluding carboxylic acids is 1. The monoisotopic (exact) mass is 303 g/mol. The fraction of sp³-hybridized carbons (Fsp3) is 0.611. The Kier molecular flexibility index (Phi) is 6.25. The minimum Gasteiger partial charge on any atom is -0.375 e. The lowest BCUT2D eigenvalue weighted by Crippen LogP contribution is -2.34. The van der Waals surface area contributed by atoms with Gasteiger partial charge >= 0.3 is 0 Å². The van der Waals surface area contributed by atoms with Crippen molar-refractivity contribution in [3.63, 3.8) is 0 Å². The summed E-state index contributed by atoms with van der Waals surface area (Å²) in [5.74, 6) is 0.520. The minimum atomic E-state index is 0.0268. The average molecular weight is 303 g/mol. The zero-order chi connectivity index (χ0) is 15.9. The zero-order valence-electron chi connectivity index (χ0n) is 14.1. The molecule has 0 aromatic heterocycles. The molecule has 0 saturated carbocycles. The third kappa shape index (κ3) is 4.73. The van der Waals surface area contributed by atoms with Crippen LogP contribution in [0.3, 0.4) is 0 Å². The third-order valence-electron chi connectivity index (χ3n) is 4.42. The van der Waals surface area contributed by atoms with Crippen LogP contribution in [0.5, 0.6) is 0 Å². The van der Waals surface area contributed by atoms with Crippen LogP contribution in [0.2, 0.25) is 0 Å². The maximum absolute atomic E-state index is 12.2. The van der Waals surface area contributed by atoms with Crippen molar-refractivity contribution in [3.8, 4) is 0 Å². The summed E-state index contributed by atoms with van der Waals surface area (Å²) in [7, 11) is 2.05. The largest absolute Gasteiger partial charge is 0.375 e. The molecule has 2 rings (SSSR count). The van der Waals surface area contributed by atoms with Crippen molar-refractivity contribution in [3.05, 3.63) is 29.8 Å². The van der Waals surface area contributed by atoms with Crippen molar-refractivity contribution in [1.82, 2.24) is 10.2 Å². The van der Waals surface area contributed by atoms with Gasteiger partial charge in [-0.05, 0) is 63.0 Å². The van der Waals surface area contributed by atoms with Crippen molar-refractivity contribution < 1.29 is 4.79 Å². The van der Waals surface area contributed by atoms with Crippen LogP contribution < -0.4 is 10.2 Å². The Hall–Kier alpha value is -1.55. The van der Waals surface area contributed by atoms with Gasteiger partial charge in [0.05, 0.1) is 0 Å². The fourth-order valence-corrected chi connectivity index (χ4v) is 2.89. The highest BCUT2D eigenvalue weighted by Crippen LogP contribution is 2.14. The maximum atomic E-state index is 12.2. The van der Waals surface area contributed by atoms with Crippen LogP contribution in [0, 0.1) is 5.92 Å². The van der Waals surface area contributed by atoms with Gasteiger partial charge in [-0.15, -0.1) is 0 Å². The number of anilines is 1. The van der Waals surface area contributed by atoms with Crippen LogP contribution in [0.4, 0.5) is 5.69 Å². The second-order valence-electron chi connectivity index (χ2n) is 6.38. The molecule has 1 saturated heterocycles. The van der Waals surface area contributed by atoms with Crippen molar-refractivity contribution in [1.29, 1.82) is 0 Å². The van der Waals surface area contributed by atoms with Gasteiger partial charge in [0, 0.05) is 37.9 Å². The number of likely N-dealkylation sites (tertiary alicyclic amines) is 1. The molecular formula is C18H29N3O. The Labute approximate surface area is 134 Å². The molecule has 0 radical (unpaired) electrons. The summed E-state index contributed by atoms with van der Waals surface area (Å²) in [5, 5.41) is 3.06. The summed E-state index contributed by atoms with van der Waals surface area (Å²) in [6.07, 6.45) is 2.63. The topological polar surface area (TPSA) is 35.6 Å². The number of nitrogens with zero attached hydrogens (tertiary/aromatic N) is 2. The van der Waals surface area contributed by atoms with Crippen molar-refractivity contribution in [2.45, 2.75) is 26.7 Å². The average Bonchev–Trinajstić information content (AvgIpc) is 3.05. The first-order valence-corrected chi connectivity index (χ1v) is 8.42. The van der Waals surface area contributed by atoms with Gasteiger partial charge in [-0.1, -0.05) is 6.92 Å². The summed E-state index contributed by atoms with van der Waals surface area (Å²) in [6, 6.07) is 7.82. The number of amides is 1. The van der Waals surface area contributed by atoms with Gasteiger partial charge in [0.1, 0.15) is 0 Å². The van der Waals surface area contributed by atoms with Crippen LogP contribution in [0.25, 0.3) is 0 Å². The van der Waals surface area contributed by atoms with E-state index in [9.17, 15) is 4.79 Å². The molecule has 1 atom stereocenters. The normalized spacial score (nSPS) is 16.5. The molecule has 1 N–H and O–H groups in total. The second-order valence-corrected chi connectivity index (χ2v) is 6.38. The SMILES string of the molecule is CCN(C)c1ccc(C(=O)NCC(C)CN2CCCC2)cc1. The molecule has 4 nitrogen and oxygen atoms in total. The summed E-state index contributed by atoms with van der Waals surface area (Å²) >= 11 is 0. The van der Waals surface area contributed by atoms with E-state index in [2.05, 4.69) is 36.0 Å². The van der Waals surface area contributed by atoms with Crippen LogP contribution in [0.15, 0.2) is 24.3 Å². The number of hydrogen-bond acceptors (Lipinski definition) is 3. The van der Waals surface area contributed by atoms with E-state index in [1.165, 1.54) is 25.9 Å². The molecule has 1 unspecified atom stereocenters. The lowest BCUT2D eigenvalue weighted by atomic mass is 10.1. The Morgan fingerprint density at radius 1 is 1.27 bits per heavy atom. The lowest BCUT2D eigenvalue weighted by Gasteiger charge is -2.20. The van der Waals surface area contributed by atoms with E-state index >= 15 is 0 Å². The molecule has 1 fully saturated rings. The van der Waals surface area contributed by atoms with E-state index < -0.39 is 0 Å². The molecule has 22 heavy (non-hydrogen) atoms. The van der Waals surface area contributed by atoms with E-state index in [4.69, 9.17) is 0 Å². The van der Waals surface area contributed by atoms with Gasteiger partial charge < -0.3 is 15.1 Å².